The minimum absolute atomic E-state index is 0. The summed E-state index contributed by atoms with van der Waals surface area (Å²) in [6.07, 6.45) is 1.63. The second-order valence-electron chi connectivity index (χ2n) is 10.7. The molecule has 5 heterocycles. The predicted molar refractivity (Wildman–Crippen MR) is 161 cm³/mol. The van der Waals surface area contributed by atoms with Crippen LogP contribution in [-0.4, -0.2) is 19.9 Å². The fourth-order valence-corrected chi connectivity index (χ4v) is 5.91. The largest absolute Gasteiger partial charge is 2.00 e. The maximum atomic E-state index is 15.9. The van der Waals surface area contributed by atoms with Crippen molar-refractivity contribution in [2.75, 3.05) is 0 Å². The fourth-order valence-electron chi connectivity index (χ4n) is 5.91. The molecule has 1 aliphatic rings. The molecule has 0 aliphatic carbocycles. The average molecular weight is 724 g/mol. The third kappa shape index (κ3) is 5.53. The summed E-state index contributed by atoms with van der Waals surface area (Å²) in [6, 6.07) is 29.2. The Morgan fingerprint density at radius 3 is 1.54 bits per heavy atom. The SMILES string of the molecule is [C-]#[N+]c1c(F)c[c-]c(C2c3cccc(n3)C(c3ccccn3)c3cccc(n3)C(c3[c-]cc(F)c(C#N)c3F)c3cccc2n3)c1F.[Ru+2]. The van der Waals surface area contributed by atoms with Gasteiger partial charge in [0.15, 0.2) is 0 Å². The van der Waals surface area contributed by atoms with E-state index in [1.165, 1.54) is 0 Å². The smallest absolute Gasteiger partial charge is 0.297 e. The molecule has 6 aromatic rings. The molecule has 0 spiro atoms. The van der Waals surface area contributed by atoms with Crippen molar-refractivity contribution in [2.24, 2.45) is 0 Å². The van der Waals surface area contributed by atoms with E-state index in [0.717, 1.165) is 12.1 Å². The minimum Gasteiger partial charge on any atom is -0.297 e. The van der Waals surface area contributed by atoms with Crippen molar-refractivity contribution >= 4 is 5.69 Å². The van der Waals surface area contributed by atoms with Gasteiger partial charge in [0.2, 0.25) is 0 Å². The number of hydrogen-bond acceptors (Lipinski definition) is 5. The van der Waals surface area contributed by atoms with Crippen molar-refractivity contribution in [1.29, 1.82) is 5.26 Å². The van der Waals surface area contributed by atoms with Crippen LogP contribution in [0.25, 0.3) is 4.85 Å². The summed E-state index contributed by atoms with van der Waals surface area (Å²) in [4.78, 5) is 22.4. The minimum atomic E-state index is -1.12. The van der Waals surface area contributed by atoms with Crippen molar-refractivity contribution in [3.63, 3.8) is 0 Å². The van der Waals surface area contributed by atoms with E-state index >= 15 is 8.78 Å². The number of nitriles is 1. The molecule has 11 heteroatoms. The van der Waals surface area contributed by atoms with Gasteiger partial charge in [-0.3, -0.25) is 42.3 Å². The van der Waals surface area contributed by atoms with Crippen LogP contribution in [-0.2, 0) is 19.5 Å². The Morgan fingerprint density at radius 1 is 0.625 bits per heavy atom. The maximum Gasteiger partial charge on any atom is 2.00 e. The van der Waals surface area contributed by atoms with Gasteiger partial charge in [-0.1, -0.05) is 24.3 Å². The standard InChI is InChI=1S/C37H18F4N6.Ru/c1-43-37-24(39)17-15-21(36(37)41)33-28-9-4-8-26(45-28)32(20-14-16-23(38)22(19-42)35(20)40)27-10-5-12-30(46-27)34(25-7-2-3-18-44-25)31-13-6-11-29(33)47-31;/h2-13,16-18,32-34H;/q-2;+2. The molecule has 232 valence electrons. The van der Waals surface area contributed by atoms with Gasteiger partial charge in [0.1, 0.15) is 5.69 Å². The van der Waals surface area contributed by atoms with Crippen molar-refractivity contribution < 1.29 is 37.0 Å². The molecule has 1 aliphatic heterocycles. The van der Waals surface area contributed by atoms with Crippen molar-refractivity contribution in [3.8, 4) is 6.07 Å². The number of fused-ring (bicyclic) bond motifs is 6. The Morgan fingerprint density at radius 2 is 1.08 bits per heavy atom. The van der Waals surface area contributed by atoms with Crippen LogP contribution in [0.2, 0.25) is 0 Å². The molecule has 6 nitrogen and oxygen atoms in total. The van der Waals surface area contributed by atoms with Crippen LogP contribution >= 0.6 is 0 Å². The van der Waals surface area contributed by atoms with E-state index in [2.05, 4.69) is 22.0 Å². The van der Waals surface area contributed by atoms with Gasteiger partial charge in [-0.25, -0.2) is 0 Å². The molecular formula is C37H18F4N6Ru. The first-order valence-electron chi connectivity index (χ1n) is 14.3. The van der Waals surface area contributed by atoms with Gasteiger partial charge >= 0.3 is 19.5 Å². The Balaban J connectivity index is 0.00000401. The normalized spacial score (nSPS) is 16.3. The number of pyridine rings is 4. The first kappa shape index (κ1) is 32.3. The average Bonchev–Trinajstić information content (AvgIpc) is 3.08. The van der Waals surface area contributed by atoms with Crippen LogP contribution in [0.5, 0.6) is 0 Å². The molecule has 6 bridgehead atoms. The monoisotopic (exact) mass is 724 g/mol. The van der Waals surface area contributed by atoms with Crippen molar-refractivity contribution in [3.05, 3.63) is 194 Å². The summed E-state index contributed by atoms with van der Waals surface area (Å²) in [5.74, 6) is -7.20. The molecule has 0 amide bonds. The molecule has 3 unspecified atom stereocenters. The molecule has 3 atom stereocenters. The molecule has 7 rings (SSSR count). The fraction of sp³-hybridized carbons (Fsp3) is 0.0811. The first-order chi connectivity index (χ1) is 22.9. The molecule has 0 N–H and O–H groups in total. The van der Waals surface area contributed by atoms with E-state index in [1.54, 1.807) is 79.0 Å². The summed E-state index contributed by atoms with van der Waals surface area (Å²) in [6.45, 7) is 7.39. The third-order valence-electron chi connectivity index (χ3n) is 8.01. The van der Waals surface area contributed by atoms with E-state index in [0.29, 0.717) is 28.5 Å². The van der Waals surface area contributed by atoms with E-state index in [4.69, 9.17) is 21.5 Å². The van der Waals surface area contributed by atoms with E-state index in [9.17, 15) is 14.0 Å². The molecule has 0 saturated heterocycles. The molecule has 48 heavy (non-hydrogen) atoms. The van der Waals surface area contributed by atoms with Crippen molar-refractivity contribution in [1.82, 2.24) is 19.9 Å². The summed E-state index contributed by atoms with van der Waals surface area (Å²) >= 11 is 0. The zero-order valence-corrected chi connectivity index (χ0v) is 26.2. The van der Waals surface area contributed by atoms with Crippen LogP contribution in [0.15, 0.2) is 91.1 Å². The van der Waals surface area contributed by atoms with Gasteiger partial charge in [-0.2, -0.15) is 23.5 Å². The Kier molecular flexibility index (Phi) is 8.91. The van der Waals surface area contributed by atoms with E-state index in [1.807, 2.05) is 6.07 Å². The number of halogens is 4. The second-order valence-corrected chi connectivity index (χ2v) is 10.7. The molecule has 4 aromatic heterocycles. The van der Waals surface area contributed by atoms with Gasteiger partial charge in [0, 0.05) is 46.9 Å². The third-order valence-corrected chi connectivity index (χ3v) is 8.01. The molecule has 0 fully saturated rings. The predicted octanol–water partition coefficient (Wildman–Crippen LogP) is 7.70. The first-order valence-corrected chi connectivity index (χ1v) is 14.3. The van der Waals surface area contributed by atoms with Crippen LogP contribution in [0.4, 0.5) is 23.2 Å². The number of aromatic nitrogens is 4. The summed E-state index contributed by atoms with van der Waals surface area (Å²) < 4.78 is 60.8. The zero-order chi connectivity index (χ0) is 32.7. The zero-order valence-electron chi connectivity index (χ0n) is 24.4. The summed E-state index contributed by atoms with van der Waals surface area (Å²) in [7, 11) is 0. The Labute approximate surface area is 285 Å². The second kappa shape index (κ2) is 13.2. The maximum absolute atomic E-state index is 15.9. The number of hydrogen-bond donors (Lipinski definition) is 0. The summed E-state index contributed by atoms with van der Waals surface area (Å²) in [5, 5.41) is 9.56. The van der Waals surface area contributed by atoms with Gasteiger partial charge in [0.25, 0.3) is 0 Å². The van der Waals surface area contributed by atoms with E-state index < -0.39 is 52.3 Å². The van der Waals surface area contributed by atoms with Crippen LogP contribution in [0.1, 0.15) is 74.3 Å². The quantitative estimate of drug-likeness (QED) is 0.106. The van der Waals surface area contributed by atoms with Crippen LogP contribution in [0.3, 0.4) is 0 Å². The van der Waals surface area contributed by atoms with Crippen molar-refractivity contribution in [2.45, 2.75) is 17.8 Å². The van der Waals surface area contributed by atoms with Gasteiger partial charge < -0.3 is 0 Å². The van der Waals surface area contributed by atoms with Gasteiger partial charge in [-0.15, -0.1) is 17.2 Å². The topological polar surface area (TPSA) is 79.7 Å². The van der Waals surface area contributed by atoms with E-state index in [-0.39, 0.29) is 42.0 Å². The molecule has 0 radical (unpaired) electrons. The molecule has 0 saturated carbocycles. The number of nitrogens with zero attached hydrogens (tertiary/aromatic N) is 6. The van der Waals surface area contributed by atoms with Crippen LogP contribution in [0, 0.1) is 53.3 Å². The Bertz CT molecular complexity index is 2130. The van der Waals surface area contributed by atoms with Gasteiger partial charge in [0.05, 0.1) is 58.4 Å². The molecular weight excluding hydrogens is 706 g/mol. The molecule has 2 aromatic carbocycles. The van der Waals surface area contributed by atoms with Gasteiger partial charge in [-0.05, 0) is 48.5 Å². The Hall–Kier alpha value is -5.64. The van der Waals surface area contributed by atoms with Crippen LogP contribution < -0.4 is 0 Å². The summed E-state index contributed by atoms with van der Waals surface area (Å²) in [5.41, 5.74) is 0.709. The number of benzene rings is 2. The number of rotatable bonds is 3.